The predicted octanol–water partition coefficient (Wildman–Crippen LogP) is 13.8. The van der Waals surface area contributed by atoms with Crippen LogP contribution >= 0.6 is 0 Å². The molecular weight excluding hydrogens is 615 g/mol. The molecule has 238 valence electrons. The summed E-state index contributed by atoms with van der Waals surface area (Å²) in [7, 11) is 0. The zero-order valence-electron chi connectivity index (χ0n) is 31.7. The van der Waals surface area contributed by atoms with Crippen LogP contribution < -0.4 is 0 Å². The maximum Gasteiger partial charge on any atom is 0.0629 e. The van der Waals surface area contributed by atoms with Crippen molar-refractivity contribution in [3.05, 3.63) is 200 Å². The molecule has 0 saturated carbocycles. The highest BCUT2D eigenvalue weighted by Crippen LogP contribution is 2.50. The highest BCUT2D eigenvalue weighted by Gasteiger charge is 2.24. The van der Waals surface area contributed by atoms with Gasteiger partial charge in [0.25, 0.3) is 0 Å². The normalized spacial score (nSPS) is 12.6. The average Bonchev–Trinajstić information content (AvgIpc) is 3.59. The van der Waals surface area contributed by atoms with Gasteiger partial charge < -0.3 is 4.57 Å². The van der Waals surface area contributed by atoms with E-state index in [1.165, 1.54) is 10.8 Å². The summed E-state index contributed by atoms with van der Waals surface area (Å²) in [5.74, 6) is 0. The minimum atomic E-state index is -0.252. The molecule has 0 saturated heterocycles. The van der Waals surface area contributed by atoms with Crippen molar-refractivity contribution >= 4 is 43.4 Å². The summed E-state index contributed by atoms with van der Waals surface area (Å²) >= 11 is 0. The van der Waals surface area contributed by atoms with E-state index < -0.39 is 0 Å². The number of hydrogen-bond acceptors (Lipinski definition) is 0. The van der Waals surface area contributed by atoms with Gasteiger partial charge in [0.2, 0.25) is 0 Å². The van der Waals surface area contributed by atoms with Gasteiger partial charge in [0.1, 0.15) is 0 Å². The fraction of sp³-hybridized carbons (Fsp3) is 0. The van der Waals surface area contributed by atoms with Crippen molar-refractivity contribution in [3.63, 3.8) is 0 Å². The molecule has 0 bridgehead atoms. The first-order valence-electron chi connectivity index (χ1n) is 19.3. The molecule has 10 aromatic rings. The standard InChI is InChI=1S/C50H33N/c1-4-18-34(19-5-1)44-32-37(51-46-30-16-14-24-38(46)39-25-15-17-31-47(39)51)33-45(35-20-6-2-7-21-35)50(44)49-42-28-12-10-26-40(42)48(36-22-8-3-9-23-36)41-27-11-13-29-43(41)49/h1-33H/i10D,12D,26D,28D. The third-order valence-corrected chi connectivity index (χ3v) is 10.1. The number of benzene rings is 9. The zero-order valence-corrected chi connectivity index (χ0v) is 27.7. The number of fused-ring (bicyclic) bond motifs is 5. The zero-order chi connectivity index (χ0) is 37.2. The van der Waals surface area contributed by atoms with Crippen LogP contribution in [0.15, 0.2) is 200 Å². The third-order valence-electron chi connectivity index (χ3n) is 10.1. The van der Waals surface area contributed by atoms with Crippen LogP contribution in [0.1, 0.15) is 5.48 Å². The molecule has 0 atom stereocenters. The van der Waals surface area contributed by atoms with Gasteiger partial charge in [0.15, 0.2) is 0 Å². The van der Waals surface area contributed by atoms with E-state index in [0.717, 1.165) is 72.0 Å². The summed E-state index contributed by atoms with van der Waals surface area (Å²) in [5, 5.41) is 5.20. The maximum atomic E-state index is 9.64. The van der Waals surface area contributed by atoms with Gasteiger partial charge in [0.05, 0.1) is 16.5 Å². The molecule has 0 aliphatic rings. The van der Waals surface area contributed by atoms with Crippen LogP contribution in [-0.2, 0) is 0 Å². The van der Waals surface area contributed by atoms with Crippen molar-refractivity contribution in [3.8, 4) is 50.2 Å². The minimum absolute atomic E-state index is 0.0497. The number of hydrogen-bond donors (Lipinski definition) is 0. The second kappa shape index (κ2) is 12.0. The van der Waals surface area contributed by atoms with Crippen LogP contribution in [-0.4, -0.2) is 4.57 Å². The molecule has 0 N–H and O–H groups in total. The van der Waals surface area contributed by atoms with E-state index in [-0.39, 0.29) is 24.2 Å². The lowest BCUT2D eigenvalue weighted by molar-refractivity contribution is 1.18. The topological polar surface area (TPSA) is 4.93 Å². The summed E-state index contributed by atoms with van der Waals surface area (Å²) in [5.41, 5.74) is 10.5. The van der Waals surface area contributed by atoms with Gasteiger partial charge in [-0.3, -0.25) is 0 Å². The summed E-state index contributed by atoms with van der Waals surface area (Å²) < 4.78 is 39.4. The summed E-state index contributed by atoms with van der Waals surface area (Å²) in [4.78, 5) is 0. The fourth-order valence-electron chi connectivity index (χ4n) is 7.96. The quantitative estimate of drug-likeness (QED) is 0.163. The van der Waals surface area contributed by atoms with E-state index in [4.69, 9.17) is 2.74 Å². The van der Waals surface area contributed by atoms with Gasteiger partial charge in [-0.15, -0.1) is 0 Å². The Labute approximate surface area is 302 Å². The molecule has 0 aliphatic heterocycles. The van der Waals surface area contributed by atoms with Crippen LogP contribution in [0.5, 0.6) is 0 Å². The van der Waals surface area contributed by atoms with E-state index >= 15 is 0 Å². The molecule has 1 heterocycles. The van der Waals surface area contributed by atoms with Crippen molar-refractivity contribution in [2.75, 3.05) is 0 Å². The molecule has 10 rings (SSSR count). The average molecular weight is 652 g/mol. The summed E-state index contributed by atoms with van der Waals surface area (Å²) in [6.07, 6.45) is 0. The van der Waals surface area contributed by atoms with Crippen LogP contribution in [0.2, 0.25) is 0 Å². The van der Waals surface area contributed by atoms with Crippen molar-refractivity contribution in [2.45, 2.75) is 0 Å². The number of rotatable bonds is 5. The summed E-state index contributed by atoms with van der Waals surface area (Å²) in [6, 6.07) is 59.9. The van der Waals surface area contributed by atoms with Crippen LogP contribution in [0, 0.1) is 0 Å². The van der Waals surface area contributed by atoms with E-state index in [1.54, 1.807) is 0 Å². The maximum absolute atomic E-state index is 9.64. The fourth-order valence-corrected chi connectivity index (χ4v) is 7.96. The predicted molar refractivity (Wildman–Crippen MR) is 218 cm³/mol. The Bertz CT molecular complexity index is 3000. The van der Waals surface area contributed by atoms with Crippen molar-refractivity contribution < 1.29 is 5.48 Å². The van der Waals surface area contributed by atoms with Crippen molar-refractivity contribution in [2.24, 2.45) is 0 Å². The Balaban J connectivity index is 1.46. The highest BCUT2D eigenvalue weighted by molar-refractivity contribution is 6.24. The summed E-state index contributed by atoms with van der Waals surface area (Å²) in [6.45, 7) is 0. The van der Waals surface area contributed by atoms with Gasteiger partial charge >= 0.3 is 0 Å². The third kappa shape index (κ3) is 4.70. The van der Waals surface area contributed by atoms with E-state index in [1.807, 2.05) is 54.6 Å². The monoisotopic (exact) mass is 651 g/mol. The lowest BCUT2D eigenvalue weighted by Gasteiger charge is -2.24. The van der Waals surface area contributed by atoms with Crippen LogP contribution in [0.25, 0.3) is 93.5 Å². The van der Waals surface area contributed by atoms with Gasteiger partial charge in [-0.05, 0) is 90.3 Å². The first-order chi connectivity index (χ1) is 27.0. The smallest absolute Gasteiger partial charge is 0.0629 e. The van der Waals surface area contributed by atoms with Crippen LogP contribution in [0.3, 0.4) is 0 Å². The molecule has 0 unspecified atom stereocenters. The Morgan fingerprint density at radius 2 is 0.725 bits per heavy atom. The molecule has 1 aromatic heterocycles. The highest BCUT2D eigenvalue weighted by atomic mass is 15.0. The molecule has 0 aliphatic carbocycles. The van der Waals surface area contributed by atoms with Gasteiger partial charge in [-0.1, -0.05) is 176 Å². The second-order valence-electron chi connectivity index (χ2n) is 12.9. The van der Waals surface area contributed by atoms with E-state index in [9.17, 15) is 2.74 Å². The number of para-hydroxylation sites is 2. The molecule has 1 heteroatoms. The van der Waals surface area contributed by atoms with Crippen LogP contribution in [0.4, 0.5) is 0 Å². The lowest BCUT2D eigenvalue weighted by Crippen LogP contribution is -2.00. The second-order valence-corrected chi connectivity index (χ2v) is 12.9. The number of nitrogens with zero attached hydrogens (tertiary/aromatic N) is 1. The Morgan fingerprint density at radius 1 is 0.333 bits per heavy atom. The molecule has 0 amide bonds. The first kappa shape index (κ1) is 25.3. The molecule has 0 radical (unpaired) electrons. The van der Waals surface area contributed by atoms with Crippen molar-refractivity contribution in [1.82, 2.24) is 4.57 Å². The molecule has 1 nitrogen and oxygen atoms in total. The molecule has 0 fully saturated rings. The SMILES string of the molecule is [2H]c1c([2H])c([2H])c2c(-c3c(-c4ccccc4)cc(-n4c5ccccc5c5ccccc54)cc3-c3ccccc3)c3ccccc3c(-c3ccccc3)c2c1[2H]. The van der Waals surface area contributed by atoms with Gasteiger partial charge in [0, 0.05) is 16.5 Å². The lowest BCUT2D eigenvalue weighted by atomic mass is 9.80. The van der Waals surface area contributed by atoms with Gasteiger partial charge in [-0.2, -0.15) is 0 Å². The Kier molecular flexibility index (Phi) is 5.96. The molecule has 51 heavy (non-hydrogen) atoms. The number of aromatic nitrogens is 1. The minimum Gasteiger partial charge on any atom is -0.309 e. The van der Waals surface area contributed by atoms with E-state index in [0.29, 0.717) is 10.8 Å². The Hall–Kier alpha value is -6.70. The first-order valence-corrected chi connectivity index (χ1v) is 17.3. The molecule has 9 aromatic carbocycles. The van der Waals surface area contributed by atoms with Crippen molar-refractivity contribution in [1.29, 1.82) is 0 Å². The largest absolute Gasteiger partial charge is 0.309 e. The molecule has 0 spiro atoms. The molecular formula is C50H33N. The Morgan fingerprint density at radius 3 is 1.24 bits per heavy atom. The van der Waals surface area contributed by atoms with E-state index in [2.05, 4.69) is 126 Å². The van der Waals surface area contributed by atoms with Gasteiger partial charge in [-0.25, -0.2) is 0 Å².